The van der Waals surface area contributed by atoms with Gasteiger partial charge in [0.15, 0.2) is 0 Å². The van der Waals surface area contributed by atoms with E-state index < -0.39 is 0 Å². The number of rotatable bonds is 2. The Bertz CT molecular complexity index is 421. The van der Waals surface area contributed by atoms with Crippen molar-refractivity contribution in [3.05, 3.63) is 47.3 Å². The molecule has 0 aliphatic carbocycles. The van der Waals surface area contributed by atoms with E-state index in [0.717, 1.165) is 13.1 Å². The van der Waals surface area contributed by atoms with Gasteiger partial charge in [-0.05, 0) is 43.9 Å². The van der Waals surface area contributed by atoms with Crippen molar-refractivity contribution in [2.75, 3.05) is 13.1 Å². The zero-order valence-corrected chi connectivity index (χ0v) is 11.5. The number of likely N-dealkylation sites (tertiary alicyclic amines) is 1. The van der Waals surface area contributed by atoms with Crippen LogP contribution in [-0.4, -0.2) is 18.0 Å². The SMILES string of the molecule is C/C=C1\C[C@@H](C)CN([C@@H](C)c2ccc(F)cc2)C1. The summed E-state index contributed by atoms with van der Waals surface area (Å²) >= 11 is 0. The molecule has 0 spiro atoms. The van der Waals surface area contributed by atoms with Crippen LogP contribution in [0.5, 0.6) is 0 Å². The van der Waals surface area contributed by atoms with Crippen LogP contribution in [0.2, 0.25) is 0 Å². The van der Waals surface area contributed by atoms with Crippen LogP contribution in [0.3, 0.4) is 0 Å². The highest BCUT2D eigenvalue weighted by Gasteiger charge is 2.24. The van der Waals surface area contributed by atoms with Crippen molar-refractivity contribution in [2.24, 2.45) is 5.92 Å². The fraction of sp³-hybridized carbons (Fsp3) is 0.500. The van der Waals surface area contributed by atoms with E-state index in [1.807, 2.05) is 12.1 Å². The second-order valence-electron chi connectivity index (χ2n) is 5.41. The lowest BCUT2D eigenvalue weighted by molar-refractivity contribution is 0.170. The Morgan fingerprint density at radius 1 is 1.33 bits per heavy atom. The van der Waals surface area contributed by atoms with Crippen LogP contribution in [0.15, 0.2) is 35.9 Å². The van der Waals surface area contributed by atoms with Gasteiger partial charge in [0, 0.05) is 19.1 Å². The molecule has 0 N–H and O–H groups in total. The summed E-state index contributed by atoms with van der Waals surface area (Å²) in [6.45, 7) is 8.79. The van der Waals surface area contributed by atoms with Crippen molar-refractivity contribution < 1.29 is 4.39 Å². The molecule has 0 amide bonds. The number of piperidine rings is 1. The van der Waals surface area contributed by atoms with E-state index in [9.17, 15) is 4.39 Å². The fourth-order valence-corrected chi connectivity index (χ4v) is 2.76. The molecule has 98 valence electrons. The molecule has 2 heteroatoms. The molecule has 0 saturated carbocycles. The molecule has 1 saturated heterocycles. The van der Waals surface area contributed by atoms with Gasteiger partial charge < -0.3 is 0 Å². The Hall–Kier alpha value is -1.15. The van der Waals surface area contributed by atoms with Crippen molar-refractivity contribution >= 4 is 0 Å². The normalized spacial score (nSPS) is 25.3. The summed E-state index contributed by atoms with van der Waals surface area (Å²) in [5.41, 5.74) is 2.71. The minimum Gasteiger partial charge on any atom is -0.292 e. The lowest BCUT2D eigenvalue weighted by atomic mass is 9.93. The molecular formula is C16H22FN. The average molecular weight is 247 g/mol. The number of hydrogen-bond acceptors (Lipinski definition) is 1. The van der Waals surface area contributed by atoms with Crippen LogP contribution in [0.4, 0.5) is 4.39 Å². The zero-order valence-electron chi connectivity index (χ0n) is 11.5. The Kier molecular flexibility index (Phi) is 4.18. The van der Waals surface area contributed by atoms with Crippen LogP contribution in [0, 0.1) is 11.7 Å². The lowest BCUT2D eigenvalue weighted by Crippen LogP contribution is -2.37. The largest absolute Gasteiger partial charge is 0.292 e. The van der Waals surface area contributed by atoms with E-state index >= 15 is 0 Å². The van der Waals surface area contributed by atoms with E-state index in [2.05, 4.69) is 31.7 Å². The van der Waals surface area contributed by atoms with E-state index in [0.29, 0.717) is 12.0 Å². The first kappa shape index (κ1) is 13.3. The van der Waals surface area contributed by atoms with Crippen LogP contribution < -0.4 is 0 Å². The van der Waals surface area contributed by atoms with Gasteiger partial charge in [0.05, 0.1) is 0 Å². The van der Waals surface area contributed by atoms with E-state index in [-0.39, 0.29) is 5.82 Å². The fourth-order valence-electron chi connectivity index (χ4n) is 2.76. The highest BCUT2D eigenvalue weighted by atomic mass is 19.1. The molecule has 0 bridgehead atoms. The Morgan fingerprint density at radius 3 is 2.61 bits per heavy atom. The molecule has 0 aromatic heterocycles. The van der Waals surface area contributed by atoms with E-state index in [4.69, 9.17) is 0 Å². The Morgan fingerprint density at radius 2 is 2.00 bits per heavy atom. The van der Waals surface area contributed by atoms with Crippen molar-refractivity contribution in [1.82, 2.24) is 4.90 Å². The van der Waals surface area contributed by atoms with Gasteiger partial charge in [-0.1, -0.05) is 30.7 Å². The van der Waals surface area contributed by atoms with Gasteiger partial charge in [0.2, 0.25) is 0 Å². The van der Waals surface area contributed by atoms with Gasteiger partial charge in [-0.3, -0.25) is 4.90 Å². The average Bonchev–Trinajstić information content (AvgIpc) is 2.38. The standard InChI is InChI=1S/C16H22FN/c1-4-14-9-12(2)10-18(11-14)13(3)15-5-7-16(17)8-6-15/h4-8,12-13H,9-11H2,1-3H3/b14-4+/t12-,13+/m1/s1. The molecule has 0 radical (unpaired) electrons. The van der Waals surface area contributed by atoms with Crippen LogP contribution in [0.1, 0.15) is 38.8 Å². The molecule has 2 rings (SSSR count). The Labute approximate surface area is 109 Å². The number of nitrogens with zero attached hydrogens (tertiary/aromatic N) is 1. The van der Waals surface area contributed by atoms with Gasteiger partial charge in [-0.2, -0.15) is 0 Å². The monoisotopic (exact) mass is 247 g/mol. The molecule has 0 unspecified atom stereocenters. The lowest BCUT2D eigenvalue weighted by Gasteiger charge is -2.37. The van der Waals surface area contributed by atoms with E-state index in [1.165, 1.54) is 17.6 Å². The third-order valence-electron chi connectivity index (χ3n) is 3.87. The summed E-state index contributed by atoms with van der Waals surface area (Å²) in [6, 6.07) is 7.25. The second-order valence-corrected chi connectivity index (χ2v) is 5.41. The highest BCUT2D eigenvalue weighted by Crippen LogP contribution is 2.28. The maximum Gasteiger partial charge on any atom is 0.123 e. The number of hydrogen-bond donors (Lipinski definition) is 0. The first-order valence-electron chi connectivity index (χ1n) is 6.73. The number of benzene rings is 1. The molecule has 1 aliphatic rings. The van der Waals surface area contributed by atoms with Gasteiger partial charge in [0.1, 0.15) is 5.82 Å². The first-order valence-corrected chi connectivity index (χ1v) is 6.73. The zero-order chi connectivity index (χ0) is 13.1. The van der Waals surface area contributed by atoms with Crippen molar-refractivity contribution in [3.8, 4) is 0 Å². The topological polar surface area (TPSA) is 3.24 Å². The molecule has 1 aromatic carbocycles. The molecule has 1 fully saturated rings. The van der Waals surface area contributed by atoms with Crippen molar-refractivity contribution in [3.63, 3.8) is 0 Å². The smallest absolute Gasteiger partial charge is 0.123 e. The molecule has 1 aliphatic heterocycles. The minimum absolute atomic E-state index is 0.160. The molecule has 18 heavy (non-hydrogen) atoms. The van der Waals surface area contributed by atoms with Crippen LogP contribution in [0.25, 0.3) is 0 Å². The van der Waals surface area contributed by atoms with Gasteiger partial charge in [0.25, 0.3) is 0 Å². The molecule has 1 heterocycles. The summed E-state index contributed by atoms with van der Waals surface area (Å²) < 4.78 is 12.9. The molecule has 2 atom stereocenters. The first-order chi connectivity index (χ1) is 8.60. The summed E-state index contributed by atoms with van der Waals surface area (Å²) in [7, 11) is 0. The van der Waals surface area contributed by atoms with Crippen molar-refractivity contribution in [1.29, 1.82) is 0 Å². The summed E-state index contributed by atoms with van der Waals surface area (Å²) in [5.74, 6) is 0.542. The number of halogens is 1. The number of allylic oxidation sites excluding steroid dienone is 1. The predicted octanol–water partition coefficient (Wildman–Crippen LogP) is 4.17. The van der Waals surface area contributed by atoms with Crippen molar-refractivity contribution in [2.45, 2.75) is 33.2 Å². The maximum absolute atomic E-state index is 12.9. The van der Waals surface area contributed by atoms with Gasteiger partial charge >= 0.3 is 0 Å². The minimum atomic E-state index is -0.160. The van der Waals surface area contributed by atoms with Crippen LogP contribution >= 0.6 is 0 Å². The Balaban J connectivity index is 2.12. The highest BCUT2D eigenvalue weighted by molar-refractivity contribution is 5.20. The van der Waals surface area contributed by atoms with Gasteiger partial charge in [-0.15, -0.1) is 0 Å². The quantitative estimate of drug-likeness (QED) is 0.709. The predicted molar refractivity (Wildman–Crippen MR) is 73.9 cm³/mol. The molecular weight excluding hydrogens is 225 g/mol. The maximum atomic E-state index is 12.9. The summed E-state index contributed by atoms with van der Waals surface area (Å²) in [4.78, 5) is 2.48. The molecule has 1 nitrogen and oxygen atoms in total. The van der Waals surface area contributed by atoms with Crippen LogP contribution in [-0.2, 0) is 0 Å². The summed E-state index contributed by atoms with van der Waals surface area (Å²) in [5, 5.41) is 0. The summed E-state index contributed by atoms with van der Waals surface area (Å²) in [6.07, 6.45) is 3.45. The third-order valence-corrected chi connectivity index (χ3v) is 3.87. The third kappa shape index (κ3) is 2.99. The molecule has 1 aromatic rings. The second kappa shape index (κ2) is 5.66. The van der Waals surface area contributed by atoms with E-state index in [1.54, 1.807) is 12.1 Å². The van der Waals surface area contributed by atoms with Gasteiger partial charge in [-0.25, -0.2) is 4.39 Å².